The van der Waals surface area contributed by atoms with Crippen LogP contribution in [0.2, 0.25) is 0 Å². The molecule has 20 heavy (non-hydrogen) atoms. The number of rotatable bonds is 3. The summed E-state index contributed by atoms with van der Waals surface area (Å²) in [5.41, 5.74) is 0.165. The van der Waals surface area contributed by atoms with Crippen molar-refractivity contribution in [2.24, 2.45) is 0 Å². The molecule has 1 aliphatic heterocycles. The minimum Gasteiger partial charge on any atom is -0.355 e. The number of amides is 1. The van der Waals surface area contributed by atoms with Gasteiger partial charge in [-0.25, -0.2) is 8.42 Å². The van der Waals surface area contributed by atoms with E-state index in [4.69, 9.17) is 4.52 Å². The maximum atomic E-state index is 12.0. The lowest BCUT2D eigenvalue weighted by atomic mass is 10.2. The number of thiophene rings is 1. The van der Waals surface area contributed by atoms with Crippen LogP contribution < -0.4 is 5.32 Å². The third kappa shape index (κ3) is 2.75. The molecular weight excluding hydrogens is 300 g/mol. The van der Waals surface area contributed by atoms with Crippen LogP contribution in [0.4, 0.5) is 0 Å². The van der Waals surface area contributed by atoms with Gasteiger partial charge in [-0.2, -0.15) is 0 Å². The summed E-state index contributed by atoms with van der Waals surface area (Å²) in [6.45, 7) is 0. The summed E-state index contributed by atoms with van der Waals surface area (Å²) in [6, 6.07) is 4.97. The first kappa shape index (κ1) is 13.3. The van der Waals surface area contributed by atoms with Crippen LogP contribution in [0.1, 0.15) is 16.9 Å². The molecule has 0 aromatic carbocycles. The summed E-state index contributed by atoms with van der Waals surface area (Å²) in [7, 11) is -3.01. The van der Waals surface area contributed by atoms with Gasteiger partial charge in [-0.05, 0) is 17.9 Å². The summed E-state index contributed by atoms with van der Waals surface area (Å²) < 4.78 is 27.8. The third-order valence-corrected chi connectivity index (χ3v) is 5.73. The van der Waals surface area contributed by atoms with Crippen LogP contribution >= 0.6 is 11.3 Å². The number of nitrogens with zero attached hydrogens (tertiary/aromatic N) is 1. The Bertz CT molecular complexity index is 718. The van der Waals surface area contributed by atoms with E-state index in [9.17, 15) is 13.2 Å². The standard InChI is InChI=1S/C12H12N2O4S2/c15-12(13-8-3-5-20(16,17)7-8)9-6-10(18-14-9)11-2-1-4-19-11/h1-2,4,6,8H,3,5,7H2,(H,13,15). The molecule has 1 saturated heterocycles. The zero-order valence-electron chi connectivity index (χ0n) is 10.4. The van der Waals surface area contributed by atoms with Crippen LogP contribution in [-0.4, -0.2) is 37.0 Å². The van der Waals surface area contributed by atoms with Gasteiger partial charge in [0.2, 0.25) is 0 Å². The molecule has 0 radical (unpaired) electrons. The summed E-state index contributed by atoms with van der Waals surface area (Å²) in [4.78, 5) is 12.9. The van der Waals surface area contributed by atoms with Crippen LogP contribution in [0, 0.1) is 0 Å². The lowest BCUT2D eigenvalue weighted by Crippen LogP contribution is -2.35. The summed E-state index contributed by atoms with van der Waals surface area (Å²) >= 11 is 1.49. The molecule has 1 amide bonds. The topological polar surface area (TPSA) is 89.3 Å². The third-order valence-electron chi connectivity index (χ3n) is 3.07. The zero-order valence-corrected chi connectivity index (χ0v) is 12.0. The van der Waals surface area contributed by atoms with E-state index >= 15 is 0 Å². The predicted octanol–water partition coefficient (Wildman–Crippen LogP) is 1.32. The Hall–Kier alpha value is -1.67. The maximum Gasteiger partial charge on any atom is 0.273 e. The molecule has 106 valence electrons. The van der Waals surface area contributed by atoms with Crippen LogP contribution in [0.25, 0.3) is 10.6 Å². The van der Waals surface area contributed by atoms with E-state index in [1.54, 1.807) is 6.07 Å². The monoisotopic (exact) mass is 312 g/mol. The van der Waals surface area contributed by atoms with Crippen molar-refractivity contribution in [3.63, 3.8) is 0 Å². The molecule has 6 nitrogen and oxygen atoms in total. The normalized spacial score (nSPS) is 20.9. The highest BCUT2D eigenvalue weighted by atomic mass is 32.2. The van der Waals surface area contributed by atoms with E-state index in [-0.39, 0.29) is 23.2 Å². The molecule has 8 heteroatoms. The molecule has 3 rings (SSSR count). The number of nitrogens with one attached hydrogen (secondary N) is 1. The van der Waals surface area contributed by atoms with Crippen LogP contribution in [0.15, 0.2) is 28.1 Å². The van der Waals surface area contributed by atoms with Crippen molar-refractivity contribution in [1.82, 2.24) is 10.5 Å². The van der Waals surface area contributed by atoms with E-state index < -0.39 is 15.7 Å². The minimum absolute atomic E-state index is 0.00558. The predicted molar refractivity (Wildman–Crippen MR) is 74.3 cm³/mol. The fourth-order valence-corrected chi connectivity index (χ4v) is 4.43. The molecule has 2 aromatic heterocycles. The van der Waals surface area contributed by atoms with Gasteiger partial charge >= 0.3 is 0 Å². The smallest absolute Gasteiger partial charge is 0.273 e. The van der Waals surface area contributed by atoms with Gasteiger partial charge in [-0.1, -0.05) is 11.2 Å². The molecule has 1 unspecified atom stereocenters. The van der Waals surface area contributed by atoms with Crippen LogP contribution in [-0.2, 0) is 9.84 Å². The van der Waals surface area contributed by atoms with Gasteiger partial charge in [0.15, 0.2) is 21.3 Å². The molecule has 1 atom stereocenters. The van der Waals surface area contributed by atoms with E-state index in [0.717, 1.165) is 4.88 Å². The minimum atomic E-state index is -3.01. The van der Waals surface area contributed by atoms with Crippen molar-refractivity contribution >= 4 is 27.1 Å². The molecule has 0 aliphatic carbocycles. The Morgan fingerprint density at radius 1 is 1.50 bits per heavy atom. The number of aromatic nitrogens is 1. The molecule has 3 heterocycles. The van der Waals surface area contributed by atoms with Gasteiger partial charge in [0, 0.05) is 12.1 Å². The van der Waals surface area contributed by atoms with Crippen molar-refractivity contribution in [3.05, 3.63) is 29.3 Å². The van der Waals surface area contributed by atoms with Crippen molar-refractivity contribution in [1.29, 1.82) is 0 Å². The van der Waals surface area contributed by atoms with Crippen LogP contribution in [0.3, 0.4) is 0 Å². The number of hydrogen-bond donors (Lipinski definition) is 1. The van der Waals surface area contributed by atoms with Gasteiger partial charge in [-0.3, -0.25) is 4.79 Å². The number of carbonyl (C=O) groups is 1. The zero-order chi connectivity index (χ0) is 14.2. The lowest BCUT2D eigenvalue weighted by molar-refractivity contribution is 0.0932. The first-order chi connectivity index (χ1) is 9.53. The molecular formula is C12H12N2O4S2. The van der Waals surface area contributed by atoms with E-state index in [1.165, 1.54) is 11.3 Å². The molecule has 0 bridgehead atoms. The summed E-state index contributed by atoms with van der Waals surface area (Å²) in [5.74, 6) is 0.244. The average Bonchev–Trinajstić information content (AvgIpc) is 3.08. The Labute approximate surface area is 119 Å². The quantitative estimate of drug-likeness (QED) is 0.923. The number of carbonyl (C=O) groups excluding carboxylic acids is 1. The van der Waals surface area contributed by atoms with Gasteiger partial charge in [-0.15, -0.1) is 11.3 Å². The summed E-state index contributed by atoms with van der Waals surface area (Å²) in [6.07, 6.45) is 0.448. The second-order valence-corrected chi connectivity index (χ2v) is 7.80. The first-order valence-electron chi connectivity index (χ1n) is 6.05. The van der Waals surface area contributed by atoms with Gasteiger partial charge < -0.3 is 9.84 Å². The largest absolute Gasteiger partial charge is 0.355 e. The highest BCUT2D eigenvalue weighted by Gasteiger charge is 2.29. The average molecular weight is 312 g/mol. The molecule has 1 N–H and O–H groups in total. The van der Waals surface area contributed by atoms with Crippen LogP contribution in [0.5, 0.6) is 0 Å². The fourth-order valence-electron chi connectivity index (χ4n) is 2.09. The van der Waals surface area contributed by atoms with Crippen molar-refractivity contribution < 1.29 is 17.7 Å². The van der Waals surface area contributed by atoms with Crippen molar-refractivity contribution in [2.75, 3.05) is 11.5 Å². The second kappa shape index (κ2) is 5.02. The van der Waals surface area contributed by atoms with Crippen molar-refractivity contribution in [2.45, 2.75) is 12.5 Å². The van der Waals surface area contributed by atoms with Gasteiger partial charge in [0.1, 0.15) is 0 Å². The highest BCUT2D eigenvalue weighted by Crippen LogP contribution is 2.25. The Morgan fingerprint density at radius 2 is 2.35 bits per heavy atom. The summed E-state index contributed by atoms with van der Waals surface area (Å²) in [5, 5.41) is 8.30. The Balaban J connectivity index is 1.69. The van der Waals surface area contributed by atoms with E-state index in [1.807, 2.05) is 17.5 Å². The SMILES string of the molecule is O=C(NC1CCS(=O)(=O)C1)c1cc(-c2cccs2)on1. The molecule has 0 saturated carbocycles. The molecule has 2 aromatic rings. The maximum absolute atomic E-state index is 12.0. The van der Waals surface area contributed by atoms with Crippen molar-refractivity contribution in [3.8, 4) is 10.6 Å². The molecule has 1 fully saturated rings. The number of hydrogen-bond acceptors (Lipinski definition) is 6. The Kier molecular flexibility index (Phi) is 3.35. The van der Waals surface area contributed by atoms with E-state index in [2.05, 4.69) is 10.5 Å². The molecule has 0 spiro atoms. The number of sulfone groups is 1. The van der Waals surface area contributed by atoms with E-state index in [0.29, 0.717) is 12.2 Å². The van der Waals surface area contributed by atoms with Gasteiger partial charge in [0.25, 0.3) is 5.91 Å². The second-order valence-electron chi connectivity index (χ2n) is 4.63. The van der Waals surface area contributed by atoms with Gasteiger partial charge in [0.05, 0.1) is 16.4 Å². The molecule has 1 aliphatic rings. The fraction of sp³-hybridized carbons (Fsp3) is 0.333. The Morgan fingerprint density at radius 3 is 3.00 bits per heavy atom. The first-order valence-corrected chi connectivity index (χ1v) is 8.75. The highest BCUT2D eigenvalue weighted by molar-refractivity contribution is 7.91. The lowest BCUT2D eigenvalue weighted by Gasteiger charge is -2.08.